The van der Waals surface area contributed by atoms with E-state index in [1.54, 1.807) is 13.3 Å². The molecule has 2 aromatic rings. The maximum Gasteiger partial charge on any atom is 0.142 e. The lowest BCUT2D eigenvalue weighted by Gasteiger charge is -2.10. The molecule has 1 heterocycles. The van der Waals surface area contributed by atoms with Crippen LogP contribution in [0.1, 0.15) is 31.9 Å². The molecule has 24 heavy (non-hydrogen) atoms. The molecule has 1 aliphatic heterocycles. The van der Waals surface area contributed by atoms with Crippen LogP contribution < -0.4 is 10.1 Å². The fraction of sp³-hybridized carbons (Fsp3) is 0.300. The minimum atomic E-state index is 0.796. The molecule has 126 valence electrons. The Kier molecular flexibility index (Phi) is 6.13. The standard InChI is InChI=1S/C18H19N3O.C2H6/c1-4-19-14-10-9-13-11-17(21-18(13)12(14)2)20-15-7-5-6-8-16(15)22-3;1-2/h4-10H,11H2,1-3H3,(H,20,21);1-2H3. The molecule has 2 aromatic carbocycles. The molecule has 1 aliphatic rings. The van der Waals surface area contributed by atoms with Gasteiger partial charge in [-0.1, -0.05) is 32.0 Å². The van der Waals surface area contributed by atoms with E-state index >= 15 is 0 Å². The number of hydrogen-bond donors (Lipinski definition) is 1. The third-order valence-corrected chi connectivity index (χ3v) is 3.74. The monoisotopic (exact) mass is 323 g/mol. The van der Waals surface area contributed by atoms with Gasteiger partial charge in [0.15, 0.2) is 0 Å². The molecule has 0 bridgehead atoms. The summed E-state index contributed by atoms with van der Waals surface area (Å²) < 4.78 is 5.37. The molecule has 3 rings (SSSR count). The van der Waals surface area contributed by atoms with Crippen molar-refractivity contribution in [1.29, 1.82) is 0 Å². The summed E-state index contributed by atoms with van der Waals surface area (Å²) in [5.74, 6) is 1.74. The van der Waals surface area contributed by atoms with E-state index < -0.39 is 0 Å². The Morgan fingerprint density at radius 2 is 1.92 bits per heavy atom. The van der Waals surface area contributed by atoms with Gasteiger partial charge in [-0.2, -0.15) is 0 Å². The third kappa shape index (κ3) is 3.65. The Bertz CT molecular complexity index is 763. The predicted molar refractivity (Wildman–Crippen MR) is 104 cm³/mol. The van der Waals surface area contributed by atoms with Crippen LogP contribution in [0.3, 0.4) is 0 Å². The second kappa shape index (κ2) is 8.29. The van der Waals surface area contributed by atoms with Crippen molar-refractivity contribution in [2.75, 3.05) is 12.4 Å². The first-order chi connectivity index (χ1) is 11.7. The molecule has 4 heteroatoms. The van der Waals surface area contributed by atoms with Gasteiger partial charge in [-0.25, -0.2) is 4.99 Å². The van der Waals surface area contributed by atoms with Gasteiger partial charge < -0.3 is 10.1 Å². The lowest BCUT2D eigenvalue weighted by atomic mass is 10.1. The van der Waals surface area contributed by atoms with Gasteiger partial charge in [0.25, 0.3) is 0 Å². The number of nitrogens with zero attached hydrogens (tertiary/aromatic N) is 2. The fourth-order valence-corrected chi connectivity index (χ4v) is 2.65. The molecule has 0 atom stereocenters. The molecular weight excluding hydrogens is 298 g/mol. The van der Waals surface area contributed by atoms with E-state index in [2.05, 4.69) is 29.4 Å². The van der Waals surface area contributed by atoms with E-state index in [0.29, 0.717) is 0 Å². The fourth-order valence-electron chi connectivity index (χ4n) is 2.65. The van der Waals surface area contributed by atoms with Crippen LogP contribution >= 0.6 is 0 Å². The van der Waals surface area contributed by atoms with Crippen LogP contribution in [0, 0.1) is 6.92 Å². The molecule has 0 spiro atoms. The molecular formula is C20H25N3O. The van der Waals surface area contributed by atoms with E-state index in [4.69, 9.17) is 9.73 Å². The van der Waals surface area contributed by atoms with E-state index in [9.17, 15) is 0 Å². The van der Waals surface area contributed by atoms with Crippen LogP contribution in [-0.4, -0.2) is 19.2 Å². The summed E-state index contributed by atoms with van der Waals surface area (Å²) in [5, 5.41) is 3.37. The quantitative estimate of drug-likeness (QED) is 0.763. The predicted octanol–water partition coefficient (Wildman–Crippen LogP) is 5.45. The zero-order chi connectivity index (χ0) is 17.5. The van der Waals surface area contributed by atoms with Crippen LogP contribution in [-0.2, 0) is 6.42 Å². The number of rotatable bonds is 3. The number of hydrogen-bond acceptors (Lipinski definition) is 4. The average Bonchev–Trinajstić information content (AvgIpc) is 3.03. The first-order valence-corrected chi connectivity index (χ1v) is 8.31. The lowest BCUT2D eigenvalue weighted by Crippen LogP contribution is -2.12. The Hall–Kier alpha value is -2.62. The minimum absolute atomic E-state index is 0.796. The normalized spacial score (nSPS) is 12.3. The van der Waals surface area contributed by atoms with Crippen LogP contribution in [0.25, 0.3) is 0 Å². The number of para-hydroxylation sites is 2. The smallest absolute Gasteiger partial charge is 0.142 e. The van der Waals surface area contributed by atoms with Crippen molar-refractivity contribution >= 4 is 29.1 Å². The van der Waals surface area contributed by atoms with Crippen molar-refractivity contribution in [3.8, 4) is 5.75 Å². The van der Waals surface area contributed by atoms with Crippen molar-refractivity contribution in [2.24, 2.45) is 9.98 Å². The highest BCUT2D eigenvalue weighted by Crippen LogP contribution is 2.36. The highest BCUT2D eigenvalue weighted by atomic mass is 16.5. The van der Waals surface area contributed by atoms with Crippen molar-refractivity contribution < 1.29 is 4.74 Å². The molecule has 1 N–H and O–H groups in total. The molecule has 0 aromatic heterocycles. The second-order valence-corrected chi connectivity index (χ2v) is 5.17. The summed E-state index contributed by atoms with van der Waals surface area (Å²) in [5.41, 5.74) is 5.28. The zero-order valence-corrected chi connectivity index (χ0v) is 15.1. The van der Waals surface area contributed by atoms with E-state index in [1.807, 2.05) is 45.0 Å². The molecule has 0 fully saturated rings. The first-order valence-electron chi connectivity index (χ1n) is 8.31. The third-order valence-electron chi connectivity index (χ3n) is 3.74. The minimum Gasteiger partial charge on any atom is -0.495 e. The van der Waals surface area contributed by atoms with Crippen molar-refractivity contribution in [3.63, 3.8) is 0 Å². The molecule has 0 aliphatic carbocycles. The summed E-state index contributed by atoms with van der Waals surface area (Å²) in [4.78, 5) is 9.13. The highest BCUT2D eigenvalue weighted by molar-refractivity contribution is 6.03. The number of methoxy groups -OCH3 is 1. The van der Waals surface area contributed by atoms with Gasteiger partial charge in [0, 0.05) is 18.2 Å². The van der Waals surface area contributed by atoms with Crippen molar-refractivity contribution in [3.05, 3.63) is 47.5 Å². The van der Waals surface area contributed by atoms with Crippen LogP contribution in [0.4, 0.5) is 17.1 Å². The zero-order valence-electron chi connectivity index (χ0n) is 15.1. The Morgan fingerprint density at radius 3 is 2.62 bits per heavy atom. The number of nitrogens with one attached hydrogen (secondary N) is 1. The van der Waals surface area contributed by atoms with Crippen molar-refractivity contribution in [2.45, 2.75) is 34.1 Å². The number of fused-ring (bicyclic) bond motifs is 1. The number of benzene rings is 2. The first kappa shape index (κ1) is 17.7. The van der Waals surface area contributed by atoms with Gasteiger partial charge >= 0.3 is 0 Å². The summed E-state index contributed by atoms with van der Waals surface area (Å²) in [6.45, 7) is 7.99. The van der Waals surface area contributed by atoms with E-state index in [-0.39, 0.29) is 0 Å². The SMILES string of the molecule is CC.CC=Nc1ccc2c(c1C)N=C(Nc1ccccc1OC)C2. The van der Waals surface area contributed by atoms with Gasteiger partial charge in [0.2, 0.25) is 0 Å². The second-order valence-electron chi connectivity index (χ2n) is 5.17. The lowest BCUT2D eigenvalue weighted by molar-refractivity contribution is 0.417. The van der Waals surface area contributed by atoms with Gasteiger partial charge in [0.05, 0.1) is 24.2 Å². The Balaban J connectivity index is 0.00000100. The number of amidine groups is 1. The molecule has 0 saturated heterocycles. The summed E-state index contributed by atoms with van der Waals surface area (Å²) in [7, 11) is 1.67. The van der Waals surface area contributed by atoms with E-state index in [0.717, 1.165) is 40.6 Å². The highest BCUT2D eigenvalue weighted by Gasteiger charge is 2.19. The number of ether oxygens (including phenoxy) is 1. The maximum atomic E-state index is 5.37. The molecule has 4 nitrogen and oxygen atoms in total. The van der Waals surface area contributed by atoms with E-state index in [1.165, 1.54) is 5.56 Å². The summed E-state index contributed by atoms with van der Waals surface area (Å²) >= 11 is 0. The van der Waals surface area contributed by atoms with Gasteiger partial charge in [0.1, 0.15) is 11.6 Å². The number of anilines is 1. The molecule has 0 saturated carbocycles. The molecule has 0 unspecified atom stereocenters. The van der Waals surface area contributed by atoms with Crippen LogP contribution in [0.5, 0.6) is 5.75 Å². The molecule has 0 radical (unpaired) electrons. The number of aliphatic imine (C=N–C) groups is 2. The average molecular weight is 323 g/mol. The Morgan fingerprint density at radius 1 is 1.17 bits per heavy atom. The largest absolute Gasteiger partial charge is 0.495 e. The van der Waals surface area contributed by atoms with Gasteiger partial charge in [-0.3, -0.25) is 4.99 Å². The maximum absolute atomic E-state index is 5.37. The van der Waals surface area contributed by atoms with Crippen molar-refractivity contribution in [1.82, 2.24) is 0 Å². The van der Waals surface area contributed by atoms with Crippen LogP contribution in [0.15, 0.2) is 46.4 Å². The topological polar surface area (TPSA) is 46.0 Å². The van der Waals surface area contributed by atoms with Gasteiger partial charge in [-0.15, -0.1) is 0 Å². The van der Waals surface area contributed by atoms with Crippen LogP contribution in [0.2, 0.25) is 0 Å². The van der Waals surface area contributed by atoms with Gasteiger partial charge in [-0.05, 0) is 37.6 Å². The Labute approximate surface area is 144 Å². The summed E-state index contributed by atoms with van der Waals surface area (Å²) in [6.07, 6.45) is 2.60. The molecule has 0 amide bonds. The summed E-state index contributed by atoms with van der Waals surface area (Å²) in [6, 6.07) is 12.0.